The summed E-state index contributed by atoms with van der Waals surface area (Å²) in [5.41, 5.74) is 8.40. The number of rotatable bonds is 1. The molecule has 2 aromatic heterocycles. The third-order valence-electron chi connectivity index (χ3n) is 2.56. The first-order valence-electron chi connectivity index (χ1n) is 4.92. The van der Waals surface area contributed by atoms with Crippen molar-refractivity contribution in [2.75, 3.05) is 5.73 Å². The third kappa shape index (κ3) is 1.18. The number of anilines is 1. The second kappa shape index (κ2) is 3.10. The zero-order chi connectivity index (χ0) is 11.1. The number of nitrogens with one attached hydrogen (secondary N) is 1. The van der Waals surface area contributed by atoms with Gasteiger partial charge < -0.3 is 10.3 Å². The van der Waals surface area contributed by atoms with Crippen LogP contribution in [0.2, 0.25) is 0 Å². The van der Waals surface area contributed by atoms with E-state index in [2.05, 4.69) is 15.4 Å². The lowest BCUT2D eigenvalue weighted by atomic mass is 10.1. The Balaban J connectivity index is 2.34. The second-order valence-corrected chi connectivity index (χ2v) is 3.66. The Kier molecular flexibility index (Phi) is 1.73. The van der Waals surface area contributed by atoms with E-state index in [1.165, 1.54) is 0 Å². The number of aryl methyl sites for hydroxylation is 1. The lowest BCUT2D eigenvalue weighted by Gasteiger charge is -1.98. The number of nitrogen functional groups attached to an aromatic ring is 1. The number of nitrogens with zero attached hydrogens (tertiary/aromatic N) is 2. The van der Waals surface area contributed by atoms with Crippen LogP contribution < -0.4 is 5.73 Å². The Labute approximate surface area is 91.2 Å². The average Bonchev–Trinajstić information content (AvgIpc) is 2.86. The minimum Gasteiger partial charge on any atom is -0.381 e. The van der Waals surface area contributed by atoms with E-state index in [-0.39, 0.29) is 0 Å². The lowest BCUT2D eigenvalue weighted by Crippen LogP contribution is -1.80. The van der Waals surface area contributed by atoms with Crippen molar-refractivity contribution in [2.24, 2.45) is 0 Å². The molecule has 0 aliphatic rings. The molecule has 1 aromatic carbocycles. The largest absolute Gasteiger partial charge is 0.381 e. The first-order chi connectivity index (χ1) is 7.75. The highest BCUT2D eigenvalue weighted by atomic mass is 16.5. The molecule has 3 aromatic rings. The van der Waals surface area contributed by atoms with Crippen LogP contribution in [-0.4, -0.2) is 15.4 Å². The van der Waals surface area contributed by atoms with E-state index < -0.39 is 0 Å². The maximum atomic E-state index is 5.55. The summed E-state index contributed by atoms with van der Waals surface area (Å²) in [6, 6.07) is 7.55. The van der Waals surface area contributed by atoms with Gasteiger partial charge in [-0.3, -0.25) is 5.10 Å². The molecule has 0 aliphatic carbocycles. The number of aromatic nitrogens is 3. The highest BCUT2D eigenvalue weighted by molar-refractivity contribution is 5.95. The molecular weight excluding hydrogens is 204 g/mol. The monoisotopic (exact) mass is 214 g/mol. The van der Waals surface area contributed by atoms with Crippen LogP contribution in [0.15, 0.2) is 28.8 Å². The van der Waals surface area contributed by atoms with Crippen LogP contribution in [0, 0.1) is 6.92 Å². The van der Waals surface area contributed by atoms with Crippen molar-refractivity contribution in [3.05, 3.63) is 30.0 Å². The van der Waals surface area contributed by atoms with Crippen LogP contribution in [-0.2, 0) is 0 Å². The maximum Gasteiger partial charge on any atom is 0.169 e. The summed E-state index contributed by atoms with van der Waals surface area (Å²) in [6.45, 7) is 1.97. The number of hydrogen-bond acceptors (Lipinski definition) is 4. The molecular formula is C11H10N4O. The summed E-state index contributed by atoms with van der Waals surface area (Å²) in [5, 5.41) is 11.9. The van der Waals surface area contributed by atoms with Gasteiger partial charge in [-0.25, -0.2) is 0 Å². The van der Waals surface area contributed by atoms with Gasteiger partial charge in [-0.05, 0) is 13.0 Å². The second-order valence-electron chi connectivity index (χ2n) is 3.66. The van der Waals surface area contributed by atoms with Gasteiger partial charge in [-0.1, -0.05) is 17.3 Å². The molecule has 0 saturated carbocycles. The molecule has 80 valence electrons. The minimum absolute atomic E-state index is 0.383. The Bertz CT molecular complexity index is 653. The summed E-state index contributed by atoms with van der Waals surface area (Å²) in [7, 11) is 0. The number of benzene rings is 1. The van der Waals surface area contributed by atoms with Crippen molar-refractivity contribution in [3.8, 4) is 11.3 Å². The maximum absolute atomic E-state index is 5.55. The standard InChI is InChI=1S/C11H10N4O/c1-6-11-7(9-5-10(12)15-16-9)3-2-4-8(11)14-13-6/h2-5H,1H3,(H2,12,15)(H,13,14). The topological polar surface area (TPSA) is 80.7 Å². The van der Waals surface area contributed by atoms with Gasteiger partial charge in [0.15, 0.2) is 11.6 Å². The van der Waals surface area contributed by atoms with E-state index in [1.807, 2.05) is 25.1 Å². The van der Waals surface area contributed by atoms with E-state index in [0.29, 0.717) is 11.6 Å². The molecule has 16 heavy (non-hydrogen) atoms. The van der Waals surface area contributed by atoms with E-state index in [0.717, 1.165) is 22.2 Å². The molecule has 5 heteroatoms. The number of H-pyrrole nitrogens is 1. The lowest BCUT2D eigenvalue weighted by molar-refractivity contribution is 0.436. The first-order valence-corrected chi connectivity index (χ1v) is 4.92. The van der Waals surface area contributed by atoms with Gasteiger partial charge in [-0.15, -0.1) is 0 Å². The van der Waals surface area contributed by atoms with Crippen molar-refractivity contribution in [1.29, 1.82) is 0 Å². The number of aromatic amines is 1. The van der Waals surface area contributed by atoms with Crippen molar-refractivity contribution in [2.45, 2.75) is 6.92 Å². The summed E-state index contributed by atoms with van der Waals surface area (Å²) in [4.78, 5) is 0. The number of hydrogen-bond donors (Lipinski definition) is 2. The van der Waals surface area contributed by atoms with E-state index in [4.69, 9.17) is 10.3 Å². The molecule has 3 N–H and O–H groups in total. The molecule has 0 atom stereocenters. The Hall–Kier alpha value is -2.30. The van der Waals surface area contributed by atoms with Crippen molar-refractivity contribution < 1.29 is 4.52 Å². The highest BCUT2D eigenvalue weighted by Gasteiger charge is 2.12. The van der Waals surface area contributed by atoms with Gasteiger partial charge in [-0.2, -0.15) is 5.10 Å². The molecule has 0 bridgehead atoms. The predicted molar refractivity (Wildman–Crippen MR) is 60.7 cm³/mol. The molecule has 0 saturated heterocycles. The molecule has 3 rings (SSSR count). The molecule has 0 unspecified atom stereocenters. The number of nitrogens with two attached hydrogens (primary N) is 1. The summed E-state index contributed by atoms with van der Waals surface area (Å²) < 4.78 is 5.17. The van der Waals surface area contributed by atoms with E-state index in [1.54, 1.807) is 6.07 Å². The first kappa shape index (κ1) is 8.96. The van der Waals surface area contributed by atoms with E-state index in [9.17, 15) is 0 Å². The zero-order valence-electron chi connectivity index (χ0n) is 8.69. The van der Waals surface area contributed by atoms with Crippen molar-refractivity contribution in [1.82, 2.24) is 15.4 Å². The van der Waals surface area contributed by atoms with Gasteiger partial charge in [0, 0.05) is 22.7 Å². The van der Waals surface area contributed by atoms with Crippen LogP contribution in [0.5, 0.6) is 0 Å². The minimum atomic E-state index is 0.383. The van der Waals surface area contributed by atoms with E-state index >= 15 is 0 Å². The van der Waals surface area contributed by atoms with Crippen LogP contribution in [0.1, 0.15) is 5.69 Å². The molecule has 0 amide bonds. The number of fused-ring (bicyclic) bond motifs is 1. The van der Waals surface area contributed by atoms with Gasteiger partial charge in [0.2, 0.25) is 0 Å². The summed E-state index contributed by atoms with van der Waals surface area (Å²) in [5.74, 6) is 1.04. The zero-order valence-corrected chi connectivity index (χ0v) is 8.69. The van der Waals surface area contributed by atoms with Crippen molar-refractivity contribution >= 4 is 16.7 Å². The molecule has 5 nitrogen and oxygen atoms in total. The van der Waals surface area contributed by atoms with Crippen LogP contribution in [0.4, 0.5) is 5.82 Å². The highest BCUT2D eigenvalue weighted by Crippen LogP contribution is 2.30. The van der Waals surface area contributed by atoms with Gasteiger partial charge in [0.25, 0.3) is 0 Å². The Morgan fingerprint density at radius 3 is 3.00 bits per heavy atom. The SMILES string of the molecule is Cc1[nH]nc2cccc(-c3cc(N)no3)c12. The fourth-order valence-corrected chi connectivity index (χ4v) is 1.85. The van der Waals surface area contributed by atoms with Gasteiger partial charge in [0.05, 0.1) is 5.52 Å². The normalized spacial score (nSPS) is 11.1. The third-order valence-corrected chi connectivity index (χ3v) is 2.56. The van der Waals surface area contributed by atoms with Crippen LogP contribution in [0.3, 0.4) is 0 Å². The van der Waals surface area contributed by atoms with Crippen LogP contribution >= 0.6 is 0 Å². The summed E-state index contributed by atoms with van der Waals surface area (Å²) in [6.07, 6.45) is 0. The smallest absolute Gasteiger partial charge is 0.169 e. The molecule has 0 spiro atoms. The fraction of sp³-hybridized carbons (Fsp3) is 0.0909. The van der Waals surface area contributed by atoms with Gasteiger partial charge in [0.1, 0.15) is 0 Å². The Morgan fingerprint density at radius 1 is 1.38 bits per heavy atom. The van der Waals surface area contributed by atoms with Crippen LogP contribution in [0.25, 0.3) is 22.2 Å². The predicted octanol–water partition coefficient (Wildman–Crippen LogP) is 2.11. The summed E-state index contributed by atoms with van der Waals surface area (Å²) >= 11 is 0. The average molecular weight is 214 g/mol. The fourth-order valence-electron chi connectivity index (χ4n) is 1.85. The molecule has 0 aliphatic heterocycles. The quantitative estimate of drug-likeness (QED) is 0.650. The molecule has 2 heterocycles. The molecule has 0 fully saturated rings. The van der Waals surface area contributed by atoms with Crippen molar-refractivity contribution in [3.63, 3.8) is 0 Å². The Morgan fingerprint density at radius 2 is 2.25 bits per heavy atom. The van der Waals surface area contributed by atoms with Gasteiger partial charge >= 0.3 is 0 Å². The molecule has 0 radical (unpaired) electrons.